The second-order valence-electron chi connectivity index (χ2n) is 12.2. The van der Waals surface area contributed by atoms with E-state index in [-0.39, 0.29) is 6.10 Å². The molecule has 1 heteroatoms. The number of allylic oxidation sites excluding steroid dienone is 3. The lowest BCUT2D eigenvalue weighted by molar-refractivity contribution is -0.0566. The molecule has 0 aliphatic heterocycles. The summed E-state index contributed by atoms with van der Waals surface area (Å²) in [6.45, 7) is 7.85. The smallest absolute Gasteiger partial charge is 0.0577 e. The maximum atomic E-state index is 10.2. The Hall–Kier alpha value is -0.560. The fraction of sp³-hybridized carbons (Fsp3) is 0.857. The van der Waals surface area contributed by atoms with E-state index in [0.717, 1.165) is 42.4 Å². The summed E-state index contributed by atoms with van der Waals surface area (Å²) >= 11 is 0. The first-order valence-electron chi connectivity index (χ1n) is 13.0. The van der Waals surface area contributed by atoms with Crippen molar-refractivity contribution >= 4 is 0 Å². The molecule has 0 aromatic carbocycles. The molecule has 0 aromatic heterocycles. The van der Waals surface area contributed by atoms with Gasteiger partial charge >= 0.3 is 0 Å². The zero-order chi connectivity index (χ0) is 20.2. The van der Waals surface area contributed by atoms with Crippen molar-refractivity contribution in [1.82, 2.24) is 0 Å². The molecule has 0 saturated heterocycles. The average Bonchev–Trinajstić information content (AvgIpc) is 3.06. The van der Waals surface area contributed by atoms with E-state index in [9.17, 15) is 5.11 Å². The highest BCUT2D eigenvalue weighted by atomic mass is 16.3. The molecule has 29 heavy (non-hydrogen) atoms. The van der Waals surface area contributed by atoms with Gasteiger partial charge in [-0.3, -0.25) is 0 Å². The van der Waals surface area contributed by atoms with E-state index in [1.54, 1.807) is 11.1 Å². The van der Waals surface area contributed by atoms with Crippen LogP contribution in [0.25, 0.3) is 0 Å². The third-order valence-corrected chi connectivity index (χ3v) is 10.8. The zero-order valence-electron chi connectivity index (χ0n) is 19.3. The summed E-state index contributed by atoms with van der Waals surface area (Å²) in [4.78, 5) is 0. The van der Waals surface area contributed by atoms with Crippen LogP contribution >= 0.6 is 0 Å². The summed E-state index contributed by atoms with van der Waals surface area (Å²) in [5.41, 5.74) is 4.36. The number of aliphatic hydroxyl groups excluding tert-OH is 1. The Morgan fingerprint density at radius 2 is 1.90 bits per heavy atom. The molecule has 1 nitrogen and oxygen atoms in total. The van der Waals surface area contributed by atoms with Crippen LogP contribution in [0.3, 0.4) is 0 Å². The Morgan fingerprint density at radius 3 is 2.69 bits per heavy atom. The Bertz CT molecular complexity index is 688. The van der Waals surface area contributed by atoms with Gasteiger partial charge in [-0.1, -0.05) is 44.1 Å². The first-order chi connectivity index (χ1) is 13.9. The molecule has 1 N–H and O–H groups in total. The largest absolute Gasteiger partial charge is 0.393 e. The molecule has 3 saturated carbocycles. The molecule has 8 atom stereocenters. The van der Waals surface area contributed by atoms with Gasteiger partial charge in [-0.05, 0) is 124 Å². The quantitative estimate of drug-likeness (QED) is 0.491. The SMILES string of the molecule is C[C@H](CC1=CCCCC1)[C@H]1CC[C@H]2[C@@H]3CC=C4C[C@@H](O)CC[C@]4(C)[C@H]3CC[C@]12C. The topological polar surface area (TPSA) is 20.2 Å². The lowest BCUT2D eigenvalue weighted by Crippen LogP contribution is -2.50. The maximum Gasteiger partial charge on any atom is 0.0577 e. The van der Waals surface area contributed by atoms with Gasteiger partial charge in [0.15, 0.2) is 0 Å². The average molecular weight is 397 g/mol. The zero-order valence-corrected chi connectivity index (χ0v) is 19.3. The second-order valence-corrected chi connectivity index (χ2v) is 12.2. The van der Waals surface area contributed by atoms with E-state index in [2.05, 4.69) is 32.9 Å². The predicted molar refractivity (Wildman–Crippen MR) is 122 cm³/mol. The molecular formula is C28H44O. The fourth-order valence-corrected chi connectivity index (χ4v) is 9.26. The molecule has 5 rings (SSSR count). The van der Waals surface area contributed by atoms with Gasteiger partial charge in [0.1, 0.15) is 0 Å². The molecule has 0 amide bonds. The highest BCUT2D eigenvalue weighted by Gasteiger charge is 2.59. The van der Waals surface area contributed by atoms with Gasteiger partial charge in [-0.25, -0.2) is 0 Å². The van der Waals surface area contributed by atoms with Crippen molar-refractivity contribution < 1.29 is 5.11 Å². The summed E-state index contributed by atoms with van der Waals surface area (Å²) < 4.78 is 0. The van der Waals surface area contributed by atoms with Gasteiger partial charge in [0.2, 0.25) is 0 Å². The van der Waals surface area contributed by atoms with Crippen LogP contribution in [0.4, 0.5) is 0 Å². The van der Waals surface area contributed by atoms with Crippen LogP contribution in [0, 0.1) is 40.4 Å². The normalized spacial score (nSPS) is 48.1. The number of hydrogen-bond acceptors (Lipinski definition) is 1. The van der Waals surface area contributed by atoms with Crippen LogP contribution < -0.4 is 0 Å². The molecule has 0 heterocycles. The third kappa shape index (κ3) is 3.29. The van der Waals surface area contributed by atoms with Crippen molar-refractivity contribution in [1.29, 1.82) is 0 Å². The summed E-state index contributed by atoms with van der Waals surface area (Å²) in [5, 5.41) is 10.2. The molecule has 0 radical (unpaired) electrons. The Labute approximate surface area is 179 Å². The number of rotatable bonds is 3. The molecule has 5 aliphatic carbocycles. The van der Waals surface area contributed by atoms with Gasteiger partial charge in [-0.15, -0.1) is 0 Å². The highest BCUT2D eigenvalue weighted by molar-refractivity contribution is 5.25. The number of fused-ring (bicyclic) bond motifs is 5. The molecular weight excluding hydrogens is 352 g/mol. The Morgan fingerprint density at radius 1 is 1.03 bits per heavy atom. The minimum atomic E-state index is -0.0782. The van der Waals surface area contributed by atoms with Crippen molar-refractivity contribution in [2.45, 2.75) is 110 Å². The molecule has 0 bridgehead atoms. The fourth-order valence-electron chi connectivity index (χ4n) is 9.26. The monoisotopic (exact) mass is 396 g/mol. The Kier molecular flexibility index (Phi) is 5.29. The molecule has 3 fully saturated rings. The van der Waals surface area contributed by atoms with Crippen LogP contribution in [0.2, 0.25) is 0 Å². The third-order valence-electron chi connectivity index (χ3n) is 10.8. The van der Waals surface area contributed by atoms with Gasteiger partial charge in [0.25, 0.3) is 0 Å². The first-order valence-corrected chi connectivity index (χ1v) is 13.0. The highest BCUT2D eigenvalue weighted by Crippen LogP contribution is 2.67. The first kappa shape index (κ1) is 20.3. The second kappa shape index (κ2) is 7.54. The van der Waals surface area contributed by atoms with Gasteiger partial charge < -0.3 is 5.11 Å². The molecule has 0 aromatic rings. The minimum absolute atomic E-state index is 0.0782. The number of hydrogen-bond donors (Lipinski definition) is 1. The summed E-state index contributed by atoms with van der Waals surface area (Å²) in [6, 6.07) is 0. The van der Waals surface area contributed by atoms with Crippen molar-refractivity contribution in [2.24, 2.45) is 40.4 Å². The van der Waals surface area contributed by atoms with E-state index in [4.69, 9.17) is 0 Å². The van der Waals surface area contributed by atoms with Crippen molar-refractivity contribution in [3.05, 3.63) is 23.3 Å². The van der Waals surface area contributed by atoms with E-state index in [0.29, 0.717) is 10.8 Å². The van der Waals surface area contributed by atoms with Crippen LogP contribution in [0.5, 0.6) is 0 Å². The van der Waals surface area contributed by atoms with Gasteiger partial charge in [-0.2, -0.15) is 0 Å². The van der Waals surface area contributed by atoms with E-state index >= 15 is 0 Å². The van der Waals surface area contributed by atoms with Crippen LogP contribution in [-0.2, 0) is 0 Å². The number of aliphatic hydroxyl groups is 1. The van der Waals surface area contributed by atoms with E-state index < -0.39 is 0 Å². The summed E-state index contributed by atoms with van der Waals surface area (Å²) in [7, 11) is 0. The Balaban J connectivity index is 1.35. The predicted octanol–water partition coefficient (Wildman–Crippen LogP) is 7.45. The van der Waals surface area contributed by atoms with Crippen molar-refractivity contribution in [3.8, 4) is 0 Å². The summed E-state index contributed by atoms with van der Waals surface area (Å²) in [6.07, 6.45) is 22.4. The molecule has 0 unspecified atom stereocenters. The molecule has 162 valence electrons. The maximum absolute atomic E-state index is 10.2. The van der Waals surface area contributed by atoms with Crippen molar-refractivity contribution in [3.63, 3.8) is 0 Å². The van der Waals surface area contributed by atoms with E-state index in [1.807, 2.05) is 0 Å². The van der Waals surface area contributed by atoms with Gasteiger partial charge in [0, 0.05) is 0 Å². The molecule has 0 spiro atoms. The standard InChI is InChI=1S/C28H44O/c1-19(17-20-7-5-4-6-8-20)24-11-12-25-23-10-9-21-18-22(29)13-15-27(21,2)26(23)14-16-28(24,25)3/h7,9,19,22-26,29H,4-6,8,10-18H2,1-3H3/t19-,22+,23+,24-,25+,26+,27+,28-/m1/s1. The van der Waals surface area contributed by atoms with Crippen LogP contribution in [-0.4, -0.2) is 11.2 Å². The van der Waals surface area contributed by atoms with E-state index in [1.165, 1.54) is 70.6 Å². The lowest BCUT2D eigenvalue weighted by atomic mass is 9.47. The lowest BCUT2D eigenvalue weighted by Gasteiger charge is -2.58. The van der Waals surface area contributed by atoms with Crippen LogP contribution in [0.15, 0.2) is 23.3 Å². The summed E-state index contributed by atoms with van der Waals surface area (Å²) in [5.74, 6) is 4.52. The minimum Gasteiger partial charge on any atom is -0.393 e. The molecule has 5 aliphatic rings. The van der Waals surface area contributed by atoms with Gasteiger partial charge in [0.05, 0.1) is 6.10 Å². The van der Waals surface area contributed by atoms with Crippen LogP contribution in [0.1, 0.15) is 104 Å². The van der Waals surface area contributed by atoms with Crippen molar-refractivity contribution in [2.75, 3.05) is 0 Å².